The van der Waals surface area contributed by atoms with Gasteiger partial charge in [-0.2, -0.15) is 0 Å². The number of halogens is 1. The third-order valence-corrected chi connectivity index (χ3v) is 6.16. The van der Waals surface area contributed by atoms with Crippen LogP contribution in [0.3, 0.4) is 0 Å². The van der Waals surface area contributed by atoms with E-state index in [0.29, 0.717) is 44.9 Å². The van der Waals surface area contributed by atoms with Gasteiger partial charge >= 0.3 is 6.03 Å². The van der Waals surface area contributed by atoms with Crippen LogP contribution in [0.4, 0.5) is 4.79 Å². The highest BCUT2D eigenvalue weighted by molar-refractivity contribution is 9.10. The number of carbonyl (C=O) groups excluding carboxylic acids is 2. The topological polar surface area (TPSA) is 78.7 Å². The second-order valence-electron chi connectivity index (χ2n) is 6.24. The fraction of sp³-hybridized carbons (Fsp3) is 0.471. The van der Waals surface area contributed by atoms with Crippen molar-refractivity contribution in [1.82, 2.24) is 20.3 Å². The fourth-order valence-electron chi connectivity index (χ4n) is 2.90. The molecule has 3 heterocycles. The molecule has 26 heavy (non-hydrogen) atoms. The molecule has 1 aliphatic rings. The molecule has 3 amide bonds. The highest BCUT2D eigenvalue weighted by Crippen LogP contribution is 2.19. The monoisotopic (exact) mass is 440 g/mol. The molecule has 140 valence electrons. The van der Waals surface area contributed by atoms with Gasteiger partial charge in [-0.25, -0.2) is 4.79 Å². The lowest BCUT2D eigenvalue weighted by molar-refractivity contribution is -0.131. The molecule has 0 bridgehead atoms. The molecule has 1 N–H and O–H groups in total. The van der Waals surface area contributed by atoms with E-state index in [9.17, 15) is 9.59 Å². The lowest BCUT2D eigenvalue weighted by Gasteiger charge is -2.34. The molecule has 0 spiro atoms. The SMILES string of the molecule is Cc1noc(C)c1CC(=O)N1CCN(C(=O)NCc2cc(Br)cs2)CC1. The van der Waals surface area contributed by atoms with Crippen LogP contribution in [-0.4, -0.2) is 53.1 Å². The van der Waals surface area contributed by atoms with Crippen molar-refractivity contribution in [3.63, 3.8) is 0 Å². The summed E-state index contributed by atoms with van der Waals surface area (Å²) in [5, 5.41) is 8.81. The normalized spacial score (nSPS) is 14.6. The lowest BCUT2D eigenvalue weighted by atomic mass is 10.1. The highest BCUT2D eigenvalue weighted by atomic mass is 79.9. The number of amides is 3. The minimum absolute atomic E-state index is 0.0443. The van der Waals surface area contributed by atoms with Crippen molar-refractivity contribution in [1.29, 1.82) is 0 Å². The molecule has 1 aliphatic heterocycles. The molecule has 1 saturated heterocycles. The number of urea groups is 1. The molecule has 0 saturated carbocycles. The average molecular weight is 441 g/mol. The largest absolute Gasteiger partial charge is 0.361 e. The molecular formula is C17H21BrN4O3S. The van der Waals surface area contributed by atoms with Gasteiger partial charge in [0.05, 0.1) is 18.7 Å². The van der Waals surface area contributed by atoms with E-state index < -0.39 is 0 Å². The third-order valence-electron chi connectivity index (χ3n) is 4.46. The van der Waals surface area contributed by atoms with E-state index in [1.165, 1.54) is 0 Å². The first kappa shape index (κ1) is 18.9. The van der Waals surface area contributed by atoms with Crippen LogP contribution in [0.1, 0.15) is 21.9 Å². The van der Waals surface area contributed by atoms with Crippen molar-refractivity contribution in [3.05, 3.63) is 37.8 Å². The molecule has 1 fully saturated rings. The Hall–Kier alpha value is -1.87. The van der Waals surface area contributed by atoms with Gasteiger partial charge in [0.25, 0.3) is 0 Å². The first-order chi connectivity index (χ1) is 12.4. The van der Waals surface area contributed by atoms with Crippen LogP contribution in [0.15, 0.2) is 20.4 Å². The van der Waals surface area contributed by atoms with Crippen LogP contribution in [0, 0.1) is 13.8 Å². The van der Waals surface area contributed by atoms with Crippen molar-refractivity contribution >= 4 is 39.2 Å². The van der Waals surface area contributed by atoms with Crippen LogP contribution < -0.4 is 5.32 Å². The number of piperazine rings is 1. The minimum Gasteiger partial charge on any atom is -0.361 e. The molecule has 0 atom stereocenters. The van der Waals surface area contributed by atoms with Gasteiger partial charge in [-0.05, 0) is 35.8 Å². The number of hydrogen-bond donors (Lipinski definition) is 1. The molecule has 0 aliphatic carbocycles. The summed E-state index contributed by atoms with van der Waals surface area (Å²) < 4.78 is 6.14. The Morgan fingerprint density at radius 3 is 2.54 bits per heavy atom. The van der Waals surface area contributed by atoms with Crippen molar-refractivity contribution < 1.29 is 14.1 Å². The maximum absolute atomic E-state index is 12.5. The number of carbonyl (C=O) groups is 2. The van der Waals surface area contributed by atoms with Gasteiger partial charge in [-0.1, -0.05) is 5.16 Å². The van der Waals surface area contributed by atoms with E-state index in [0.717, 1.165) is 20.6 Å². The predicted octanol–water partition coefficient (Wildman–Crippen LogP) is 2.71. The second-order valence-corrected chi connectivity index (χ2v) is 8.15. The number of aromatic nitrogens is 1. The van der Waals surface area contributed by atoms with Crippen LogP contribution in [-0.2, 0) is 17.8 Å². The summed E-state index contributed by atoms with van der Waals surface area (Å²) in [5.74, 6) is 0.733. The quantitative estimate of drug-likeness (QED) is 0.792. The lowest BCUT2D eigenvalue weighted by Crippen LogP contribution is -2.53. The third kappa shape index (κ3) is 4.45. The number of nitrogens with one attached hydrogen (secondary N) is 1. The Kier molecular flexibility index (Phi) is 5.98. The summed E-state index contributed by atoms with van der Waals surface area (Å²) in [5.41, 5.74) is 1.62. The second kappa shape index (κ2) is 8.22. The highest BCUT2D eigenvalue weighted by Gasteiger charge is 2.25. The fourth-order valence-corrected chi connectivity index (χ4v) is 4.29. The smallest absolute Gasteiger partial charge is 0.317 e. The molecule has 2 aromatic heterocycles. The number of hydrogen-bond acceptors (Lipinski definition) is 5. The van der Waals surface area contributed by atoms with Gasteiger partial charge in [-0.15, -0.1) is 11.3 Å². The molecular weight excluding hydrogens is 420 g/mol. The van der Waals surface area contributed by atoms with E-state index >= 15 is 0 Å². The van der Waals surface area contributed by atoms with E-state index in [1.54, 1.807) is 21.1 Å². The summed E-state index contributed by atoms with van der Waals surface area (Å²) in [7, 11) is 0. The van der Waals surface area contributed by atoms with Crippen LogP contribution in [0.2, 0.25) is 0 Å². The van der Waals surface area contributed by atoms with Crippen LogP contribution in [0.5, 0.6) is 0 Å². The molecule has 3 rings (SSSR count). The molecule has 7 nitrogen and oxygen atoms in total. The zero-order chi connectivity index (χ0) is 18.7. The first-order valence-corrected chi connectivity index (χ1v) is 10.1. The average Bonchev–Trinajstić information content (AvgIpc) is 3.19. The van der Waals surface area contributed by atoms with Crippen LogP contribution in [0.25, 0.3) is 0 Å². The number of thiophene rings is 1. The molecule has 0 radical (unpaired) electrons. The van der Waals surface area contributed by atoms with Gasteiger partial charge in [0.1, 0.15) is 5.76 Å². The maximum Gasteiger partial charge on any atom is 0.317 e. The molecule has 0 aromatic carbocycles. The van der Waals surface area contributed by atoms with Crippen LogP contribution >= 0.6 is 27.3 Å². The Balaban J connectivity index is 1.46. The van der Waals surface area contributed by atoms with Gasteiger partial charge in [0.15, 0.2) is 0 Å². The summed E-state index contributed by atoms with van der Waals surface area (Å²) >= 11 is 5.01. The van der Waals surface area contributed by atoms with Gasteiger partial charge in [-0.3, -0.25) is 4.79 Å². The molecule has 0 unspecified atom stereocenters. The molecule has 2 aromatic rings. The molecule has 9 heteroatoms. The zero-order valence-electron chi connectivity index (χ0n) is 14.7. The standard InChI is InChI=1S/C17H21BrN4O3S/c1-11-15(12(2)25-20-11)8-16(23)21-3-5-22(6-4-21)17(24)19-9-14-7-13(18)10-26-14/h7,10H,3-6,8-9H2,1-2H3,(H,19,24). The zero-order valence-corrected chi connectivity index (χ0v) is 17.2. The Bertz CT molecular complexity index is 776. The van der Waals surface area contributed by atoms with Crippen molar-refractivity contribution in [3.8, 4) is 0 Å². The maximum atomic E-state index is 12.5. The van der Waals surface area contributed by atoms with Gasteiger partial charge in [0, 0.05) is 46.5 Å². The summed E-state index contributed by atoms with van der Waals surface area (Å²) in [4.78, 5) is 29.4. The van der Waals surface area contributed by atoms with Gasteiger partial charge < -0.3 is 19.6 Å². The Morgan fingerprint density at radius 1 is 1.27 bits per heavy atom. The van der Waals surface area contributed by atoms with E-state index in [4.69, 9.17) is 4.52 Å². The van der Waals surface area contributed by atoms with Crippen molar-refractivity contribution in [2.75, 3.05) is 26.2 Å². The number of aryl methyl sites for hydroxylation is 2. The van der Waals surface area contributed by atoms with E-state index in [2.05, 4.69) is 26.4 Å². The summed E-state index contributed by atoms with van der Waals surface area (Å²) in [6.45, 7) is 6.33. The summed E-state index contributed by atoms with van der Waals surface area (Å²) in [6.07, 6.45) is 0.292. The van der Waals surface area contributed by atoms with Gasteiger partial charge in [0.2, 0.25) is 5.91 Å². The Morgan fingerprint density at radius 2 is 1.96 bits per heavy atom. The van der Waals surface area contributed by atoms with E-state index in [1.807, 2.05) is 25.3 Å². The first-order valence-electron chi connectivity index (χ1n) is 8.39. The minimum atomic E-state index is -0.0904. The predicted molar refractivity (Wildman–Crippen MR) is 102 cm³/mol. The van der Waals surface area contributed by atoms with Crippen molar-refractivity contribution in [2.45, 2.75) is 26.8 Å². The van der Waals surface area contributed by atoms with E-state index in [-0.39, 0.29) is 11.9 Å². The Labute approximate surface area is 164 Å². The number of rotatable bonds is 4. The summed E-state index contributed by atoms with van der Waals surface area (Å²) in [6, 6.07) is 1.91. The van der Waals surface area contributed by atoms with Crippen molar-refractivity contribution in [2.24, 2.45) is 0 Å². The number of nitrogens with zero attached hydrogens (tertiary/aromatic N) is 3.